The van der Waals surface area contributed by atoms with E-state index < -0.39 is 0 Å². The second-order valence-electron chi connectivity index (χ2n) is 7.35. The van der Waals surface area contributed by atoms with E-state index in [2.05, 4.69) is 36.3 Å². The number of carbonyl (C=O) groups excluding carboxylic acids is 1. The molecule has 1 amide bonds. The molecule has 2 heterocycles. The van der Waals surface area contributed by atoms with Crippen LogP contribution in [0.2, 0.25) is 0 Å². The SMILES string of the molecule is CC(C)C[C@H](N)C(=O)N1CCN(Cc2csc(-c3ccccc3)n2)CC1.Cl.Cl. The number of hydrogen-bond acceptors (Lipinski definition) is 5. The number of nitrogens with two attached hydrogens (primary N) is 1. The van der Waals surface area contributed by atoms with Crippen LogP contribution in [0.25, 0.3) is 10.6 Å². The lowest BCUT2D eigenvalue weighted by atomic mass is 10.0. The van der Waals surface area contributed by atoms with Crippen LogP contribution in [0.5, 0.6) is 0 Å². The van der Waals surface area contributed by atoms with E-state index in [1.54, 1.807) is 11.3 Å². The molecule has 1 atom stereocenters. The van der Waals surface area contributed by atoms with E-state index >= 15 is 0 Å². The number of nitrogens with zero attached hydrogens (tertiary/aromatic N) is 3. The zero-order valence-electron chi connectivity index (χ0n) is 16.4. The Balaban J connectivity index is 0.00000196. The van der Waals surface area contributed by atoms with Crippen LogP contribution in [0, 0.1) is 5.92 Å². The highest BCUT2D eigenvalue weighted by Gasteiger charge is 2.25. The minimum absolute atomic E-state index is 0. The molecule has 2 N–H and O–H groups in total. The molecule has 1 aromatic carbocycles. The van der Waals surface area contributed by atoms with Crippen molar-refractivity contribution in [2.75, 3.05) is 26.2 Å². The Morgan fingerprint density at radius 1 is 1.14 bits per heavy atom. The van der Waals surface area contributed by atoms with Crippen molar-refractivity contribution in [2.45, 2.75) is 32.9 Å². The second kappa shape index (κ2) is 11.7. The Morgan fingerprint density at radius 2 is 1.79 bits per heavy atom. The Labute approximate surface area is 184 Å². The maximum Gasteiger partial charge on any atom is 0.239 e. The minimum atomic E-state index is -0.367. The standard InChI is InChI=1S/C20H28N4OS.2ClH/c1-15(2)12-18(21)20(25)24-10-8-23(9-11-24)13-17-14-26-19(22-17)16-6-4-3-5-7-16;;/h3-7,14-15,18H,8-13,21H2,1-2H3;2*1H/t18-;;/m0../s1. The highest BCUT2D eigenvalue weighted by molar-refractivity contribution is 7.13. The number of halogens is 2. The topological polar surface area (TPSA) is 62.5 Å². The summed E-state index contributed by atoms with van der Waals surface area (Å²) in [6, 6.07) is 9.91. The minimum Gasteiger partial charge on any atom is -0.339 e. The molecule has 0 spiro atoms. The first-order chi connectivity index (χ1) is 12.5. The fourth-order valence-electron chi connectivity index (χ4n) is 3.29. The molecule has 8 heteroatoms. The first kappa shape index (κ1) is 24.9. The predicted octanol–water partition coefficient (Wildman–Crippen LogP) is 3.67. The van der Waals surface area contributed by atoms with Gasteiger partial charge in [-0.2, -0.15) is 0 Å². The predicted molar refractivity (Wildman–Crippen MR) is 121 cm³/mol. The van der Waals surface area contributed by atoms with Crippen molar-refractivity contribution >= 4 is 42.1 Å². The summed E-state index contributed by atoms with van der Waals surface area (Å²) in [5.74, 6) is 0.539. The van der Waals surface area contributed by atoms with E-state index in [0.29, 0.717) is 5.92 Å². The number of thiazole rings is 1. The number of rotatable bonds is 6. The van der Waals surface area contributed by atoms with Gasteiger partial charge in [0.25, 0.3) is 0 Å². The van der Waals surface area contributed by atoms with Gasteiger partial charge in [0.1, 0.15) is 5.01 Å². The van der Waals surface area contributed by atoms with E-state index in [9.17, 15) is 4.79 Å². The van der Waals surface area contributed by atoms with Crippen molar-refractivity contribution in [1.29, 1.82) is 0 Å². The van der Waals surface area contributed by atoms with Crippen LogP contribution >= 0.6 is 36.2 Å². The summed E-state index contributed by atoms with van der Waals surface area (Å²) in [7, 11) is 0. The highest BCUT2D eigenvalue weighted by Crippen LogP contribution is 2.24. The van der Waals surface area contributed by atoms with Crippen molar-refractivity contribution in [3.8, 4) is 10.6 Å². The highest BCUT2D eigenvalue weighted by atomic mass is 35.5. The summed E-state index contributed by atoms with van der Waals surface area (Å²) < 4.78 is 0. The summed E-state index contributed by atoms with van der Waals surface area (Å²) in [6.07, 6.45) is 0.750. The number of piperazine rings is 1. The largest absolute Gasteiger partial charge is 0.339 e. The van der Waals surface area contributed by atoms with Gasteiger partial charge in [-0.25, -0.2) is 4.98 Å². The van der Waals surface area contributed by atoms with Crippen molar-refractivity contribution < 1.29 is 4.79 Å². The Kier molecular flexibility index (Phi) is 10.4. The van der Waals surface area contributed by atoms with Crippen molar-refractivity contribution in [3.05, 3.63) is 41.4 Å². The average Bonchev–Trinajstić information content (AvgIpc) is 3.10. The quantitative estimate of drug-likeness (QED) is 0.737. The first-order valence-electron chi connectivity index (χ1n) is 9.29. The lowest BCUT2D eigenvalue weighted by Crippen LogP contribution is -2.53. The monoisotopic (exact) mass is 444 g/mol. The maximum absolute atomic E-state index is 12.4. The third-order valence-electron chi connectivity index (χ3n) is 4.68. The van der Waals surface area contributed by atoms with Gasteiger partial charge in [0.2, 0.25) is 5.91 Å². The molecule has 0 saturated carbocycles. The molecule has 1 aromatic heterocycles. The number of benzene rings is 1. The first-order valence-corrected chi connectivity index (χ1v) is 10.2. The van der Waals surface area contributed by atoms with E-state index in [4.69, 9.17) is 10.7 Å². The van der Waals surface area contributed by atoms with Crippen LogP contribution in [0.3, 0.4) is 0 Å². The lowest BCUT2D eigenvalue weighted by Gasteiger charge is -2.35. The fraction of sp³-hybridized carbons (Fsp3) is 0.500. The Morgan fingerprint density at radius 3 is 2.39 bits per heavy atom. The van der Waals surface area contributed by atoms with Crippen LogP contribution in [0.15, 0.2) is 35.7 Å². The van der Waals surface area contributed by atoms with Crippen molar-refractivity contribution in [1.82, 2.24) is 14.8 Å². The number of aromatic nitrogens is 1. The van der Waals surface area contributed by atoms with Crippen LogP contribution < -0.4 is 5.73 Å². The molecule has 0 bridgehead atoms. The number of carbonyl (C=O) groups is 1. The summed E-state index contributed by atoms with van der Waals surface area (Å²) in [4.78, 5) is 21.5. The number of amides is 1. The maximum atomic E-state index is 12.4. The normalized spacial score (nSPS) is 15.6. The zero-order valence-corrected chi connectivity index (χ0v) is 18.9. The molecular formula is C20H30Cl2N4OS. The molecule has 0 unspecified atom stereocenters. The van der Waals surface area contributed by atoms with Gasteiger partial charge in [-0.05, 0) is 12.3 Å². The molecule has 1 saturated heterocycles. The molecule has 1 aliphatic heterocycles. The third-order valence-corrected chi connectivity index (χ3v) is 5.62. The molecule has 1 fully saturated rings. The van der Waals surface area contributed by atoms with Crippen LogP contribution in [-0.2, 0) is 11.3 Å². The van der Waals surface area contributed by atoms with Gasteiger partial charge in [0.05, 0.1) is 11.7 Å². The van der Waals surface area contributed by atoms with Crippen LogP contribution in [-0.4, -0.2) is 52.9 Å². The van der Waals surface area contributed by atoms with Gasteiger partial charge in [0.15, 0.2) is 0 Å². The van der Waals surface area contributed by atoms with E-state index in [-0.39, 0.29) is 36.8 Å². The van der Waals surface area contributed by atoms with Gasteiger partial charge in [0, 0.05) is 43.7 Å². The van der Waals surface area contributed by atoms with Gasteiger partial charge < -0.3 is 10.6 Å². The van der Waals surface area contributed by atoms with E-state index in [1.165, 1.54) is 5.56 Å². The Hall–Kier alpha value is -1.18. The molecule has 156 valence electrons. The number of hydrogen-bond donors (Lipinski definition) is 1. The third kappa shape index (κ3) is 6.71. The average molecular weight is 445 g/mol. The zero-order chi connectivity index (χ0) is 18.5. The molecule has 0 radical (unpaired) electrons. The second-order valence-corrected chi connectivity index (χ2v) is 8.21. The van der Waals surface area contributed by atoms with Crippen LogP contribution in [0.4, 0.5) is 0 Å². The van der Waals surface area contributed by atoms with Crippen molar-refractivity contribution in [3.63, 3.8) is 0 Å². The Bertz CT molecular complexity index is 718. The fourth-order valence-corrected chi connectivity index (χ4v) is 4.11. The smallest absolute Gasteiger partial charge is 0.239 e. The van der Waals surface area contributed by atoms with Gasteiger partial charge in [-0.15, -0.1) is 36.2 Å². The van der Waals surface area contributed by atoms with E-state index in [1.807, 2.05) is 23.1 Å². The molecule has 5 nitrogen and oxygen atoms in total. The summed E-state index contributed by atoms with van der Waals surface area (Å²) in [5, 5.41) is 3.20. The lowest BCUT2D eigenvalue weighted by molar-refractivity contribution is -0.134. The summed E-state index contributed by atoms with van der Waals surface area (Å²) in [5.41, 5.74) is 8.32. The molecule has 0 aliphatic carbocycles. The van der Waals surface area contributed by atoms with Gasteiger partial charge in [-0.3, -0.25) is 9.69 Å². The molecule has 1 aliphatic rings. The summed E-state index contributed by atoms with van der Waals surface area (Å²) >= 11 is 1.69. The van der Waals surface area contributed by atoms with E-state index in [0.717, 1.165) is 49.8 Å². The molecule has 28 heavy (non-hydrogen) atoms. The van der Waals surface area contributed by atoms with Gasteiger partial charge in [-0.1, -0.05) is 44.2 Å². The molecule has 2 aromatic rings. The molecular weight excluding hydrogens is 415 g/mol. The van der Waals surface area contributed by atoms with Crippen molar-refractivity contribution in [2.24, 2.45) is 11.7 Å². The summed E-state index contributed by atoms with van der Waals surface area (Å²) in [6.45, 7) is 8.28. The van der Waals surface area contributed by atoms with Gasteiger partial charge >= 0.3 is 0 Å². The van der Waals surface area contributed by atoms with Crippen LogP contribution in [0.1, 0.15) is 26.0 Å². The molecule has 3 rings (SSSR count).